The van der Waals surface area contributed by atoms with E-state index in [9.17, 15) is 4.39 Å². The van der Waals surface area contributed by atoms with Gasteiger partial charge in [0.05, 0.1) is 17.5 Å². The van der Waals surface area contributed by atoms with Gasteiger partial charge in [0.2, 0.25) is 0 Å². The van der Waals surface area contributed by atoms with Crippen LogP contribution in [0.15, 0.2) is 53.6 Å². The standard InChI is InChI=1S/C15H11FN2/c1-2-13-9-8-12(10-15(13)16)11-17-18-14-6-4-3-5-7-14/h1,3-11,18H. The molecular weight excluding hydrogens is 227 g/mol. The summed E-state index contributed by atoms with van der Waals surface area (Å²) in [6, 6.07) is 14.1. The van der Waals surface area contributed by atoms with Gasteiger partial charge in [-0.3, -0.25) is 5.43 Å². The summed E-state index contributed by atoms with van der Waals surface area (Å²) in [6.07, 6.45) is 6.68. The minimum absolute atomic E-state index is 0.253. The number of para-hydroxylation sites is 1. The summed E-state index contributed by atoms with van der Waals surface area (Å²) in [7, 11) is 0. The number of rotatable bonds is 3. The van der Waals surface area contributed by atoms with Crippen LogP contribution < -0.4 is 5.43 Å². The summed E-state index contributed by atoms with van der Waals surface area (Å²) in [5.74, 6) is 1.85. The van der Waals surface area contributed by atoms with E-state index in [-0.39, 0.29) is 5.56 Å². The molecule has 0 bridgehead atoms. The van der Waals surface area contributed by atoms with Crippen LogP contribution in [0.2, 0.25) is 0 Å². The molecule has 0 amide bonds. The minimum Gasteiger partial charge on any atom is -0.279 e. The number of nitrogens with one attached hydrogen (secondary N) is 1. The molecule has 88 valence electrons. The largest absolute Gasteiger partial charge is 0.279 e. The Morgan fingerprint density at radius 3 is 2.61 bits per heavy atom. The molecule has 0 radical (unpaired) electrons. The maximum absolute atomic E-state index is 13.4. The third kappa shape index (κ3) is 2.96. The van der Waals surface area contributed by atoms with Gasteiger partial charge in [-0.25, -0.2) is 4.39 Å². The van der Waals surface area contributed by atoms with E-state index in [1.54, 1.807) is 12.1 Å². The lowest BCUT2D eigenvalue weighted by Crippen LogP contribution is -1.92. The Balaban J connectivity index is 2.06. The van der Waals surface area contributed by atoms with Gasteiger partial charge in [0.15, 0.2) is 0 Å². The normalized spacial score (nSPS) is 10.2. The Kier molecular flexibility index (Phi) is 3.72. The van der Waals surface area contributed by atoms with E-state index in [2.05, 4.69) is 16.4 Å². The molecule has 0 aliphatic carbocycles. The lowest BCUT2D eigenvalue weighted by Gasteiger charge is -1.99. The minimum atomic E-state index is -0.416. The first kappa shape index (κ1) is 11.9. The number of hydrazone groups is 1. The summed E-state index contributed by atoms with van der Waals surface area (Å²) >= 11 is 0. The second-order valence-corrected chi connectivity index (χ2v) is 3.62. The van der Waals surface area contributed by atoms with Crippen LogP contribution in [0.1, 0.15) is 11.1 Å². The van der Waals surface area contributed by atoms with Gasteiger partial charge in [-0.2, -0.15) is 5.10 Å². The van der Waals surface area contributed by atoms with Crippen LogP contribution >= 0.6 is 0 Å². The molecule has 1 N–H and O–H groups in total. The van der Waals surface area contributed by atoms with Gasteiger partial charge in [-0.05, 0) is 29.8 Å². The van der Waals surface area contributed by atoms with E-state index in [1.807, 2.05) is 30.3 Å². The Hall–Kier alpha value is -2.60. The zero-order valence-electron chi connectivity index (χ0n) is 9.60. The SMILES string of the molecule is C#Cc1ccc(C=NNc2ccccc2)cc1F. The van der Waals surface area contributed by atoms with Gasteiger partial charge in [0.25, 0.3) is 0 Å². The highest BCUT2D eigenvalue weighted by atomic mass is 19.1. The molecule has 0 aromatic heterocycles. The molecule has 0 heterocycles. The maximum atomic E-state index is 13.4. The fourth-order valence-electron chi connectivity index (χ4n) is 1.42. The van der Waals surface area contributed by atoms with Gasteiger partial charge in [0.1, 0.15) is 5.82 Å². The number of hydrogen-bond acceptors (Lipinski definition) is 2. The quantitative estimate of drug-likeness (QED) is 0.495. The van der Waals surface area contributed by atoms with Crippen molar-refractivity contribution in [2.75, 3.05) is 5.43 Å². The van der Waals surface area contributed by atoms with Crippen LogP contribution in [-0.4, -0.2) is 6.21 Å². The summed E-state index contributed by atoms with van der Waals surface area (Å²) in [5, 5.41) is 4.02. The lowest BCUT2D eigenvalue weighted by molar-refractivity contribution is 0.624. The number of benzene rings is 2. The van der Waals surface area contributed by atoms with Crippen molar-refractivity contribution in [3.8, 4) is 12.3 Å². The summed E-state index contributed by atoms with van der Waals surface area (Å²) < 4.78 is 13.4. The smallest absolute Gasteiger partial charge is 0.139 e. The average molecular weight is 238 g/mol. The van der Waals surface area contributed by atoms with Crippen LogP contribution in [0.25, 0.3) is 0 Å². The molecule has 18 heavy (non-hydrogen) atoms. The molecule has 0 unspecified atom stereocenters. The van der Waals surface area contributed by atoms with Crippen molar-refractivity contribution < 1.29 is 4.39 Å². The monoisotopic (exact) mass is 238 g/mol. The van der Waals surface area contributed by atoms with Gasteiger partial charge in [-0.15, -0.1) is 6.42 Å². The first-order chi connectivity index (χ1) is 8.79. The van der Waals surface area contributed by atoms with E-state index >= 15 is 0 Å². The van der Waals surface area contributed by atoms with E-state index in [1.165, 1.54) is 12.3 Å². The molecule has 2 nitrogen and oxygen atoms in total. The summed E-state index contributed by atoms with van der Waals surface area (Å²) in [6.45, 7) is 0. The number of hydrogen-bond donors (Lipinski definition) is 1. The molecule has 0 fully saturated rings. The van der Waals surface area contributed by atoms with E-state index < -0.39 is 5.82 Å². The molecule has 0 aliphatic rings. The summed E-state index contributed by atoms with van der Waals surface area (Å²) in [4.78, 5) is 0. The molecule has 0 saturated heterocycles. The maximum Gasteiger partial charge on any atom is 0.139 e. The fraction of sp³-hybridized carbons (Fsp3) is 0. The Morgan fingerprint density at radius 1 is 1.17 bits per heavy atom. The van der Waals surface area contributed by atoms with Crippen LogP contribution in [0, 0.1) is 18.2 Å². The first-order valence-electron chi connectivity index (χ1n) is 5.40. The number of anilines is 1. The highest BCUT2D eigenvalue weighted by Gasteiger charge is 1.98. The van der Waals surface area contributed by atoms with Gasteiger partial charge < -0.3 is 0 Å². The Bertz CT molecular complexity index is 598. The summed E-state index contributed by atoms with van der Waals surface area (Å²) in [5.41, 5.74) is 4.62. The van der Waals surface area contributed by atoms with E-state index in [0.717, 1.165) is 5.69 Å². The van der Waals surface area contributed by atoms with Crippen molar-refractivity contribution in [2.24, 2.45) is 5.10 Å². The van der Waals surface area contributed by atoms with Crippen molar-refractivity contribution in [1.29, 1.82) is 0 Å². The molecule has 0 atom stereocenters. The van der Waals surface area contributed by atoms with Crippen LogP contribution in [0.3, 0.4) is 0 Å². The Labute approximate surface area is 105 Å². The van der Waals surface area contributed by atoms with Crippen LogP contribution in [0.4, 0.5) is 10.1 Å². The van der Waals surface area contributed by atoms with Crippen molar-refractivity contribution in [3.63, 3.8) is 0 Å². The number of terminal acetylenes is 1. The zero-order valence-corrected chi connectivity index (χ0v) is 9.60. The molecule has 2 aromatic rings. The lowest BCUT2D eigenvalue weighted by atomic mass is 10.1. The molecule has 0 spiro atoms. The van der Waals surface area contributed by atoms with Crippen LogP contribution in [0.5, 0.6) is 0 Å². The third-order valence-electron chi connectivity index (χ3n) is 2.33. The Morgan fingerprint density at radius 2 is 1.94 bits per heavy atom. The first-order valence-corrected chi connectivity index (χ1v) is 5.40. The molecular formula is C15H11FN2. The second-order valence-electron chi connectivity index (χ2n) is 3.62. The third-order valence-corrected chi connectivity index (χ3v) is 2.33. The van der Waals surface area contributed by atoms with Gasteiger partial charge in [-0.1, -0.05) is 30.2 Å². The molecule has 2 rings (SSSR count). The van der Waals surface area contributed by atoms with Gasteiger partial charge in [0, 0.05) is 0 Å². The second kappa shape index (κ2) is 5.65. The van der Waals surface area contributed by atoms with Crippen LogP contribution in [-0.2, 0) is 0 Å². The van der Waals surface area contributed by atoms with Crippen molar-refractivity contribution >= 4 is 11.9 Å². The number of nitrogens with zero attached hydrogens (tertiary/aromatic N) is 1. The molecule has 0 saturated carbocycles. The predicted molar refractivity (Wildman–Crippen MR) is 72.0 cm³/mol. The predicted octanol–water partition coefficient (Wildman–Crippen LogP) is 3.25. The fourth-order valence-corrected chi connectivity index (χ4v) is 1.42. The van der Waals surface area contributed by atoms with Crippen molar-refractivity contribution in [3.05, 3.63) is 65.5 Å². The van der Waals surface area contributed by atoms with Crippen molar-refractivity contribution in [1.82, 2.24) is 0 Å². The molecule has 0 aliphatic heterocycles. The highest BCUT2D eigenvalue weighted by Crippen LogP contribution is 2.08. The topological polar surface area (TPSA) is 24.4 Å². The average Bonchev–Trinajstić information content (AvgIpc) is 2.40. The molecule has 3 heteroatoms. The molecule has 2 aromatic carbocycles. The highest BCUT2D eigenvalue weighted by molar-refractivity contribution is 5.80. The van der Waals surface area contributed by atoms with E-state index in [0.29, 0.717) is 5.56 Å². The number of halogens is 1. The van der Waals surface area contributed by atoms with Crippen molar-refractivity contribution in [2.45, 2.75) is 0 Å². The zero-order chi connectivity index (χ0) is 12.8. The van der Waals surface area contributed by atoms with Gasteiger partial charge >= 0.3 is 0 Å². The van der Waals surface area contributed by atoms with E-state index in [4.69, 9.17) is 6.42 Å².